The first-order valence-electron chi connectivity index (χ1n) is 11.0. The number of anilines is 1. The van der Waals surface area contributed by atoms with Gasteiger partial charge in [0.15, 0.2) is 11.5 Å². The van der Waals surface area contributed by atoms with Crippen LogP contribution in [0.1, 0.15) is 18.4 Å². The summed E-state index contributed by atoms with van der Waals surface area (Å²) in [5.41, 5.74) is 3.71. The molecular weight excluding hydrogens is 424 g/mol. The lowest BCUT2D eigenvalue weighted by molar-refractivity contribution is -0.132. The molecule has 2 aromatic heterocycles. The Labute approximate surface area is 190 Å². The van der Waals surface area contributed by atoms with E-state index >= 15 is 0 Å². The molecule has 32 heavy (non-hydrogen) atoms. The van der Waals surface area contributed by atoms with Crippen LogP contribution in [0.3, 0.4) is 0 Å². The molecule has 3 heterocycles. The summed E-state index contributed by atoms with van der Waals surface area (Å²) in [6.45, 7) is 4.91. The lowest BCUT2D eigenvalue weighted by Crippen LogP contribution is -2.50. The molecule has 6 rings (SSSR count). The van der Waals surface area contributed by atoms with E-state index in [-0.39, 0.29) is 5.92 Å². The highest BCUT2D eigenvalue weighted by atomic mass is 35.5. The summed E-state index contributed by atoms with van der Waals surface area (Å²) in [5, 5.41) is 10.7. The van der Waals surface area contributed by atoms with Crippen LogP contribution in [-0.4, -0.2) is 56.6 Å². The first kappa shape index (κ1) is 19.5. The number of aryl methyl sites for hydroxylation is 1. The van der Waals surface area contributed by atoms with Crippen LogP contribution >= 0.6 is 11.6 Å². The molecule has 2 aromatic carbocycles. The summed E-state index contributed by atoms with van der Waals surface area (Å²) < 4.78 is 2.05. The minimum Gasteiger partial charge on any atom is -0.339 e. The number of rotatable bonds is 3. The predicted octanol–water partition coefficient (Wildman–Crippen LogP) is 3.96. The van der Waals surface area contributed by atoms with E-state index in [4.69, 9.17) is 16.6 Å². The molecule has 0 spiro atoms. The van der Waals surface area contributed by atoms with Crippen molar-refractivity contribution in [1.82, 2.24) is 24.5 Å². The molecule has 0 radical (unpaired) electrons. The van der Waals surface area contributed by atoms with Crippen molar-refractivity contribution in [3.8, 4) is 11.4 Å². The van der Waals surface area contributed by atoms with E-state index in [2.05, 4.69) is 34.2 Å². The van der Waals surface area contributed by atoms with Gasteiger partial charge >= 0.3 is 0 Å². The third-order valence-corrected chi connectivity index (χ3v) is 6.60. The normalized spacial score (nSPS) is 16.8. The Kier molecular flexibility index (Phi) is 4.54. The zero-order valence-electron chi connectivity index (χ0n) is 17.8. The summed E-state index contributed by atoms with van der Waals surface area (Å²) in [6.07, 6.45) is 2.07. The van der Waals surface area contributed by atoms with Gasteiger partial charge in [-0.25, -0.2) is 9.38 Å². The van der Waals surface area contributed by atoms with Crippen LogP contribution in [0, 0.1) is 12.8 Å². The molecule has 0 bridgehead atoms. The quantitative estimate of drug-likeness (QED) is 0.476. The smallest absolute Gasteiger partial charge is 0.225 e. The van der Waals surface area contributed by atoms with Crippen LogP contribution < -0.4 is 4.90 Å². The van der Waals surface area contributed by atoms with Gasteiger partial charge in [0.05, 0.1) is 5.52 Å². The molecule has 2 fully saturated rings. The molecule has 8 heteroatoms. The van der Waals surface area contributed by atoms with Crippen molar-refractivity contribution < 1.29 is 4.79 Å². The number of nitrogens with zero attached hydrogens (tertiary/aromatic N) is 6. The van der Waals surface area contributed by atoms with Gasteiger partial charge in [-0.15, -0.1) is 10.2 Å². The average Bonchev–Trinajstić information content (AvgIpc) is 3.56. The Hall–Kier alpha value is -3.19. The number of hydrogen-bond acceptors (Lipinski definition) is 5. The molecule has 1 amide bonds. The number of hydrogen-bond donors (Lipinski definition) is 0. The maximum atomic E-state index is 12.5. The van der Waals surface area contributed by atoms with Gasteiger partial charge in [-0.05, 0) is 44.0 Å². The molecule has 1 aliphatic heterocycles. The lowest BCUT2D eigenvalue weighted by Gasteiger charge is -2.35. The Balaban J connectivity index is 1.47. The number of fused-ring (bicyclic) bond motifs is 3. The first-order chi connectivity index (χ1) is 15.6. The number of amides is 1. The van der Waals surface area contributed by atoms with Crippen molar-refractivity contribution in [2.75, 3.05) is 31.1 Å². The van der Waals surface area contributed by atoms with Gasteiger partial charge in [0.2, 0.25) is 11.9 Å². The van der Waals surface area contributed by atoms with E-state index in [1.54, 1.807) is 0 Å². The summed E-state index contributed by atoms with van der Waals surface area (Å²) in [4.78, 5) is 21.7. The highest BCUT2D eigenvalue weighted by Crippen LogP contribution is 2.33. The molecular formula is C24H23ClN6O. The molecule has 0 unspecified atom stereocenters. The van der Waals surface area contributed by atoms with Gasteiger partial charge in [0, 0.05) is 48.1 Å². The molecule has 1 saturated carbocycles. The second-order valence-corrected chi connectivity index (χ2v) is 9.15. The lowest BCUT2D eigenvalue weighted by atomic mass is 10.1. The largest absolute Gasteiger partial charge is 0.339 e. The van der Waals surface area contributed by atoms with Gasteiger partial charge in [-0.2, -0.15) is 0 Å². The molecule has 7 nitrogen and oxygen atoms in total. The molecule has 4 aromatic rings. The van der Waals surface area contributed by atoms with Crippen LogP contribution in [0.15, 0.2) is 42.5 Å². The van der Waals surface area contributed by atoms with Crippen LogP contribution in [0.25, 0.3) is 27.9 Å². The third-order valence-electron chi connectivity index (χ3n) is 6.36. The van der Waals surface area contributed by atoms with Crippen LogP contribution in [0.4, 0.5) is 5.95 Å². The monoisotopic (exact) mass is 446 g/mol. The summed E-state index contributed by atoms with van der Waals surface area (Å²) in [6, 6.07) is 13.9. The fourth-order valence-corrected chi connectivity index (χ4v) is 4.66. The second-order valence-electron chi connectivity index (χ2n) is 8.71. The highest BCUT2D eigenvalue weighted by molar-refractivity contribution is 6.31. The molecule has 1 saturated heterocycles. The van der Waals surface area contributed by atoms with Crippen molar-refractivity contribution in [3.05, 3.63) is 53.1 Å². The maximum Gasteiger partial charge on any atom is 0.225 e. The maximum absolute atomic E-state index is 12.5. The van der Waals surface area contributed by atoms with E-state index in [9.17, 15) is 4.79 Å². The van der Waals surface area contributed by atoms with Crippen molar-refractivity contribution in [3.63, 3.8) is 0 Å². The Morgan fingerprint density at radius 1 is 1.03 bits per heavy atom. The van der Waals surface area contributed by atoms with Gasteiger partial charge in [0.25, 0.3) is 0 Å². The Morgan fingerprint density at radius 2 is 1.84 bits per heavy atom. The summed E-state index contributed by atoms with van der Waals surface area (Å²) in [5.74, 6) is 2.10. The number of benzene rings is 2. The number of carbonyl (C=O) groups excluding carboxylic acids is 1. The van der Waals surface area contributed by atoms with Gasteiger partial charge in [-0.3, -0.25) is 4.79 Å². The predicted molar refractivity (Wildman–Crippen MR) is 125 cm³/mol. The minimum absolute atomic E-state index is 0.250. The van der Waals surface area contributed by atoms with Crippen molar-refractivity contribution in [2.24, 2.45) is 5.92 Å². The van der Waals surface area contributed by atoms with E-state index < -0.39 is 0 Å². The van der Waals surface area contributed by atoms with E-state index in [0.29, 0.717) is 24.0 Å². The topological polar surface area (TPSA) is 66.6 Å². The van der Waals surface area contributed by atoms with Gasteiger partial charge < -0.3 is 9.80 Å². The fourth-order valence-electron chi connectivity index (χ4n) is 4.49. The van der Waals surface area contributed by atoms with E-state index in [1.165, 1.54) is 0 Å². The van der Waals surface area contributed by atoms with Crippen molar-refractivity contribution >= 4 is 40.0 Å². The summed E-state index contributed by atoms with van der Waals surface area (Å²) >= 11 is 6.28. The van der Waals surface area contributed by atoms with Gasteiger partial charge in [0.1, 0.15) is 0 Å². The summed E-state index contributed by atoms with van der Waals surface area (Å²) in [7, 11) is 0. The molecule has 0 atom stereocenters. The molecule has 162 valence electrons. The van der Waals surface area contributed by atoms with Gasteiger partial charge in [-0.1, -0.05) is 35.4 Å². The standard InChI is InChI=1S/C24H23ClN6O/c1-15-3-2-4-17(13-15)21-27-28-22-19-8-7-18(25)14-20(19)26-24(31(21)22)30-11-9-29(10-12-30)23(32)16-5-6-16/h2-4,7-8,13-14,16H,5-6,9-12H2,1H3. The first-order valence-corrected chi connectivity index (χ1v) is 11.4. The van der Waals surface area contributed by atoms with Crippen molar-refractivity contribution in [2.45, 2.75) is 19.8 Å². The fraction of sp³-hybridized carbons (Fsp3) is 0.333. The zero-order valence-corrected chi connectivity index (χ0v) is 18.6. The van der Waals surface area contributed by atoms with Crippen LogP contribution in [-0.2, 0) is 4.79 Å². The average molecular weight is 447 g/mol. The van der Waals surface area contributed by atoms with E-state index in [1.807, 2.05) is 39.6 Å². The minimum atomic E-state index is 0.250. The second kappa shape index (κ2) is 7.45. The Morgan fingerprint density at radius 3 is 2.59 bits per heavy atom. The number of halogens is 1. The van der Waals surface area contributed by atoms with Crippen molar-refractivity contribution in [1.29, 1.82) is 0 Å². The number of aromatic nitrogens is 4. The number of piperazine rings is 1. The molecule has 1 aliphatic carbocycles. The van der Waals surface area contributed by atoms with E-state index in [0.717, 1.165) is 65.4 Å². The highest BCUT2D eigenvalue weighted by Gasteiger charge is 2.35. The van der Waals surface area contributed by atoms with Crippen LogP contribution in [0.2, 0.25) is 5.02 Å². The third kappa shape index (κ3) is 3.28. The SMILES string of the molecule is Cc1cccc(-c2nnc3c4ccc(Cl)cc4nc(N4CCN(C(=O)C5CC5)CC4)n23)c1. The zero-order chi connectivity index (χ0) is 21.8. The molecule has 0 N–H and O–H groups in total. The van der Waals surface area contributed by atoms with Crippen LogP contribution in [0.5, 0.6) is 0 Å². The number of carbonyl (C=O) groups is 1. The Bertz CT molecular complexity index is 1350. The molecule has 2 aliphatic rings.